The second kappa shape index (κ2) is 10.1. The molecule has 0 radical (unpaired) electrons. The lowest BCUT2D eigenvalue weighted by Crippen LogP contribution is -2.23. The van der Waals surface area contributed by atoms with Gasteiger partial charge in [0.1, 0.15) is 5.10 Å². The molecule has 0 unspecified atom stereocenters. The zero-order chi connectivity index (χ0) is 19.6. The molecular weight excluding hydrogens is 368 g/mol. The Morgan fingerprint density at radius 2 is 2.07 bits per heavy atom. The number of hydrogen-bond donors (Lipinski definition) is 0. The van der Waals surface area contributed by atoms with Crippen molar-refractivity contribution >= 4 is 29.2 Å². The molecule has 0 aliphatic carbocycles. The van der Waals surface area contributed by atoms with Crippen LogP contribution in [0.4, 0.5) is 0 Å². The van der Waals surface area contributed by atoms with Gasteiger partial charge in [-0.25, -0.2) is 4.98 Å². The number of imidazole rings is 1. The zero-order valence-corrected chi connectivity index (χ0v) is 15.8. The standard InChI is InChI=1S/C14H13ClN4O.C4H6N2O/c1-2-19-13(20)11-12(17-14(19)15)16-9-18(11)8-10-6-4-3-5-7-10;1-3-7-4-6-5-2/h3-7,9H,2,8H2,1H3;4H,3H2,1H3/b;6-4+. The Balaban J connectivity index is 0.000000321. The number of fused-ring (bicyclic) bond motifs is 1. The summed E-state index contributed by atoms with van der Waals surface area (Å²) in [6.07, 6.45) is 2.76. The van der Waals surface area contributed by atoms with Gasteiger partial charge in [0.25, 0.3) is 12.0 Å². The van der Waals surface area contributed by atoms with Crippen molar-refractivity contribution in [1.82, 2.24) is 19.1 Å². The first-order valence-electron chi connectivity index (χ1n) is 8.27. The Morgan fingerprint density at radius 1 is 1.33 bits per heavy atom. The third kappa shape index (κ3) is 5.15. The molecular formula is C18H19ClN6O2. The molecule has 0 saturated carbocycles. The lowest BCUT2D eigenvalue weighted by Gasteiger charge is -2.07. The molecule has 0 saturated heterocycles. The van der Waals surface area contributed by atoms with Crippen LogP contribution in [0.25, 0.3) is 16.1 Å². The third-order valence-corrected chi connectivity index (χ3v) is 3.83. The van der Waals surface area contributed by atoms with Crippen molar-refractivity contribution in [3.8, 4) is 0 Å². The molecule has 0 bridgehead atoms. The van der Waals surface area contributed by atoms with Gasteiger partial charge in [0.15, 0.2) is 11.2 Å². The summed E-state index contributed by atoms with van der Waals surface area (Å²) < 4.78 is 7.81. The Kier molecular flexibility index (Phi) is 7.52. The number of benzene rings is 1. The maximum Gasteiger partial charge on any atom is 0.280 e. The van der Waals surface area contributed by atoms with Crippen molar-refractivity contribution < 1.29 is 4.74 Å². The highest BCUT2D eigenvalue weighted by Crippen LogP contribution is 2.12. The average molecular weight is 387 g/mol. The van der Waals surface area contributed by atoms with Gasteiger partial charge >= 0.3 is 0 Å². The fourth-order valence-electron chi connectivity index (χ4n) is 2.34. The van der Waals surface area contributed by atoms with E-state index in [0.29, 0.717) is 30.9 Å². The van der Waals surface area contributed by atoms with Gasteiger partial charge in [0.2, 0.25) is 5.28 Å². The molecule has 8 nitrogen and oxygen atoms in total. The molecule has 0 N–H and O–H groups in total. The highest BCUT2D eigenvalue weighted by atomic mass is 35.5. The second-order valence-corrected chi connectivity index (χ2v) is 5.57. The molecule has 0 spiro atoms. The fourth-order valence-corrected chi connectivity index (χ4v) is 2.61. The van der Waals surface area contributed by atoms with Crippen LogP contribution in [0.15, 0.2) is 46.6 Å². The first kappa shape index (κ1) is 20.1. The zero-order valence-electron chi connectivity index (χ0n) is 15.0. The lowest BCUT2D eigenvalue weighted by molar-refractivity contribution is 0.343. The summed E-state index contributed by atoms with van der Waals surface area (Å²) >= 11 is 5.98. The van der Waals surface area contributed by atoms with Crippen molar-refractivity contribution in [2.24, 2.45) is 5.10 Å². The Bertz CT molecular complexity index is 1000. The Morgan fingerprint density at radius 3 is 2.70 bits per heavy atom. The van der Waals surface area contributed by atoms with Crippen LogP contribution in [0.1, 0.15) is 19.4 Å². The van der Waals surface area contributed by atoms with Crippen molar-refractivity contribution in [3.63, 3.8) is 0 Å². The van der Waals surface area contributed by atoms with Crippen LogP contribution < -0.4 is 5.56 Å². The minimum Gasteiger partial charge on any atom is -0.479 e. The first-order valence-corrected chi connectivity index (χ1v) is 8.65. The molecule has 3 rings (SSSR count). The minimum absolute atomic E-state index is 0.157. The second-order valence-electron chi connectivity index (χ2n) is 5.24. The maximum atomic E-state index is 12.4. The van der Waals surface area contributed by atoms with E-state index in [-0.39, 0.29) is 10.8 Å². The normalized spacial score (nSPS) is 10.4. The average Bonchev–Trinajstić information content (AvgIpc) is 3.06. The maximum absolute atomic E-state index is 12.4. The van der Waals surface area contributed by atoms with Crippen LogP contribution in [0.3, 0.4) is 0 Å². The van der Waals surface area contributed by atoms with E-state index >= 15 is 0 Å². The number of hydrogen-bond acceptors (Lipinski definition) is 5. The smallest absolute Gasteiger partial charge is 0.280 e. The van der Waals surface area contributed by atoms with Gasteiger partial charge in [0, 0.05) is 13.1 Å². The van der Waals surface area contributed by atoms with E-state index in [1.165, 1.54) is 4.57 Å². The van der Waals surface area contributed by atoms with Crippen LogP contribution in [0.2, 0.25) is 5.28 Å². The summed E-state index contributed by atoms with van der Waals surface area (Å²) in [5.41, 5.74) is 1.82. The first-order chi connectivity index (χ1) is 13.1. The molecule has 9 heteroatoms. The van der Waals surface area contributed by atoms with E-state index in [2.05, 4.69) is 24.8 Å². The highest BCUT2D eigenvalue weighted by Gasteiger charge is 2.13. The molecule has 2 aromatic heterocycles. The van der Waals surface area contributed by atoms with Gasteiger partial charge in [-0.05, 0) is 31.0 Å². The van der Waals surface area contributed by atoms with E-state index in [9.17, 15) is 4.79 Å². The predicted octanol–water partition coefficient (Wildman–Crippen LogP) is 3.20. The number of rotatable bonds is 5. The highest BCUT2D eigenvalue weighted by molar-refractivity contribution is 6.28. The molecule has 0 amide bonds. The summed E-state index contributed by atoms with van der Waals surface area (Å²) in [5.74, 6) is 0. The SMILES string of the molecule is CCn1c(Cl)nc2ncn(Cc3ccccc3)c2c1=O.[C-]#[N+]/N=C/OCC. The monoisotopic (exact) mass is 386 g/mol. The summed E-state index contributed by atoms with van der Waals surface area (Å²) in [6, 6.07) is 9.91. The lowest BCUT2D eigenvalue weighted by atomic mass is 10.2. The summed E-state index contributed by atoms with van der Waals surface area (Å²) in [5, 5.41) is 3.28. The van der Waals surface area contributed by atoms with Crippen LogP contribution in [-0.4, -0.2) is 32.1 Å². The molecule has 0 atom stereocenters. The van der Waals surface area contributed by atoms with Gasteiger partial charge in [-0.2, -0.15) is 11.6 Å². The molecule has 0 fully saturated rings. The molecule has 3 aromatic rings. The van der Waals surface area contributed by atoms with Gasteiger partial charge in [-0.1, -0.05) is 30.3 Å². The largest absolute Gasteiger partial charge is 0.479 e. The van der Waals surface area contributed by atoms with Crippen molar-refractivity contribution in [2.75, 3.05) is 6.61 Å². The van der Waals surface area contributed by atoms with E-state index in [4.69, 9.17) is 18.2 Å². The fraction of sp³-hybridized carbons (Fsp3) is 0.278. The van der Waals surface area contributed by atoms with Crippen molar-refractivity contribution in [1.29, 1.82) is 0 Å². The number of aromatic nitrogens is 4. The summed E-state index contributed by atoms with van der Waals surface area (Å²) in [6.45, 7) is 11.5. The molecule has 0 aliphatic heterocycles. The van der Waals surface area contributed by atoms with E-state index in [0.717, 1.165) is 12.0 Å². The van der Waals surface area contributed by atoms with E-state index in [1.807, 2.05) is 48.7 Å². The number of ether oxygens (including phenoxy) is 1. The molecule has 1 aromatic carbocycles. The Hall–Kier alpha value is -3.18. The van der Waals surface area contributed by atoms with Crippen molar-refractivity contribution in [2.45, 2.75) is 26.9 Å². The van der Waals surface area contributed by atoms with Crippen LogP contribution in [-0.2, 0) is 17.8 Å². The van der Waals surface area contributed by atoms with Gasteiger partial charge in [-0.3, -0.25) is 9.36 Å². The van der Waals surface area contributed by atoms with E-state index in [1.54, 1.807) is 6.33 Å². The van der Waals surface area contributed by atoms with E-state index < -0.39 is 0 Å². The van der Waals surface area contributed by atoms with Gasteiger partial charge in [0.05, 0.1) is 12.9 Å². The van der Waals surface area contributed by atoms with Crippen LogP contribution >= 0.6 is 11.6 Å². The number of halogens is 1. The molecule has 140 valence electrons. The molecule has 27 heavy (non-hydrogen) atoms. The summed E-state index contributed by atoms with van der Waals surface area (Å²) in [7, 11) is 0. The Labute approximate surface area is 161 Å². The van der Waals surface area contributed by atoms with Crippen molar-refractivity contribution in [3.05, 3.63) is 69.4 Å². The van der Waals surface area contributed by atoms with Crippen LogP contribution in [0, 0.1) is 6.57 Å². The topological polar surface area (TPSA) is 78.7 Å². The van der Waals surface area contributed by atoms with Gasteiger partial charge < -0.3 is 9.30 Å². The van der Waals surface area contributed by atoms with Crippen LogP contribution in [0.5, 0.6) is 0 Å². The number of nitrogens with zero attached hydrogens (tertiary/aromatic N) is 6. The molecule has 0 aliphatic rings. The third-order valence-electron chi connectivity index (χ3n) is 3.55. The predicted molar refractivity (Wildman–Crippen MR) is 105 cm³/mol. The minimum atomic E-state index is -0.157. The summed E-state index contributed by atoms with van der Waals surface area (Å²) in [4.78, 5) is 23.4. The van der Waals surface area contributed by atoms with Gasteiger partial charge in [-0.15, -0.1) is 4.95 Å². The molecule has 2 heterocycles. The quantitative estimate of drug-likeness (QED) is 0.222.